The van der Waals surface area contributed by atoms with E-state index in [1.54, 1.807) is 0 Å². The second kappa shape index (κ2) is 15.9. The van der Waals surface area contributed by atoms with Crippen LogP contribution in [0, 0.1) is 12.3 Å². The molecule has 2 atom stereocenters. The summed E-state index contributed by atoms with van der Waals surface area (Å²) in [5.41, 5.74) is 0. The number of nitrogens with one attached hydrogen (secondary N) is 1. The van der Waals surface area contributed by atoms with Gasteiger partial charge in [0.15, 0.2) is 0 Å². The van der Waals surface area contributed by atoms with Crippen LogP contribution in [0.1, 0.15) is 97.3 Å². The lowest BCUT2D eigenvalue weighted by Crippen LogP contribution is -2.39. The lowest BCUT2D eigenvalue weighted by molar-refractivity contribution is -0.120. The first-order valence-corrected chi connectivity index (χ1v) is 9.46. The fourth-order valence-electron chi connectivity index (χ4n) is 2.84. The minimum atomic E-state index is -0.423. The summed E-state index contributed by atoms with van der Waals surface area (Å²) >= 11 is 0. The van der Waals surface area contributed by atoms with Crippen molar-refractivity contribution < 1.29 is 9.90 Å². The minimum absolute atomic E-state index is 0.0763. The van der Waals surface area contributed by atoms with Crippen LogP contribution in [0.2, 0.25) is 0 Å². The van der Waals surface area contributed by atoms with Gasteiger partial charge in [0.05, 0.1) is 12.1 Å². The van der Waals surface area contributed by atoms with Crippen LogP contribution in [0.5, 0.6) is 0 Å². The molecular weight excluding hydrogens is 286 g/mol. The molecule has 0 aliphatic heterocycles. The predicted octanol–water partition coefficient (Wildman–Crippen LogP) is 4.58. The Bertz CT molecular complexity index is 322. The van der Waals surface area contributed by atoms with Crippen molar-refractivity contribution >= 4 is 5.91 Å². The van der Waals surface area contributed by atoms with Crippen molar-refractivity contribution in [2.24, 2.45) is 0 Å². The predicted molar refractivity (Wildman–Crippen MR) is 98.1 cm³/mol. The normalized spacial score (nSPS) is 13.3. The molecule has 0 aliphatic carbocycles. The summed E-state index contributed by atoms with van der Waals surface area (Å²) < 4.78 is 0. The summed E-state index contributed by atoms with van der Waals surface area (Å²) in [5.74, 6) is 2.61. The molecular formula is C20H37NO2. The van der Waals surface area contributed by atoms with Gasteiger partial charge in [0.2, 0.25) is 5.91 Å². The van der Waals surface area contributed by atoms with Crippen LogP contribution in [-0.4, -0.2) is 23.2 Å². The maximum Gasteiger partial charge on any atom is 0.217 e. The Kier molecular flexibility index (Phi) is 15.2. The third-order valence-corrected chi connectivity index (χ3v) is 4.33. The van der Waals surface area contributed by atoms with Crippen molar-refractivity contribution in [3.63, 3.8) is 0 Å². The lowest BCUT2D eigenvalue weighted by atomic mass is 10.0. The van der Waals surface area contributed by atoms with E-state index in [1.165, 1.54) is 71.1 Å². The van der Waals surface area contributed by atoms with Crippen LogP contribution < -0.4 is 5.32 Å². The van der Waals surface area contributed by atoms with Crippen LogP contribution in [0.15, 0.2) is 0 Å². The molecule has 0 aromatic carbocycles. The molecule has 134 valence electrons. The molecule has 0 aromatic rings. The molecule has 0 spiro atoms. The Balaban J connectivity index is 3.24. The number of terminal acetylenes is 1. The number of carbonyl (C=O) groups excluding carboxylic acids is 1. The first-order valence-electron chi connectivity index (χ1n) is 9.46. The number of hydrogen-bond acceptors (Lipinski definition) is 2. The number of rotatable bonds is 15. The summed E-state index contributed by atoms with van der Waals surface area (Å²) in [6, 6.07) is -0.145. The molecule has 0 aromatic heterocycles. The Morgan fingerprint density at radius 1 is 0.957 bits per heavy atom. The summed E-state index contributed by atoms with van der Waals surface area (Å²) in [5, 5.41) is 12.7. The SMILES string of the molecule is C#CCCCCCCCCCCCCCC(O)[C@@H](C)NC(C)=O. The van der Waals surface area contributed by atoms with E-state index in [9.17, 15) is 9.90 Å². The van der Waals surface area contributed by atoms with E-state index in [0.717, 1.165) is 19.3 Å². The van der Waals surface area contributed by atoms with Crippen molar-refractivity contribution in [3.05, 3.63) is 0 Å². The van der Waals surface area contributed by atoms with Gasteiger partial charge in [0.25, 0.3) is 0 Å². The summed E-state index contributed by atoms with van der Waals surface area (Å²) in [6.07, 6.45) is 20.4. The minimum Gasteiger partial charge on any atom is -0.391 e. The Morgan fingerprint density at radius 2 is 1.39 bits per heavy atom. The number of aliphatic hydroxyl groups is 1. The second-order valence-corrected chi connectivity index (χ2v) is 6.69. The molecule has 0 bridgehead atoms. The molecule has 0 heterocycles. The van der Waals surface area contributed by atoms with E-state index in [-0.39, 0.29) is 11.9 Å². The third-order valence-electron chi connectivity index (χ3n) is 4.33. The number of amides is 1. The van der Waals surface area contributed by atoms with Gasteiger partial charge in [-0.15, -0.1) is 12.3 Å². The Labute approximate surface area is 143 Å². The van der Waals surface area contributed by atoms with E-state index in [0.29, 0.717) is 0 Å². The maximum absolute atomic E-state index is 10.9. The van der Waals surface area contributed by atoms with Gasteiger partial charge in [-0.25, -0.2) is 0 Å². The number of aliphatic hydroxyl groups excluding tert-OH is 1. The molecule has 1 amide bonds. The number of unbranched alkanes of at least 4 members (excludes halogenated alkanes) is 11. The smallest absolute Gasteiger partial charge is 0.217 e. The molecule has 0 aliphatic rings. The molecule has 0 rings (SSSR count). The monoisotopic (exact) mass is 323 g/mol. The van der Waals surface area contributed by atoms with Gasteiger partial charge in [0.1, 0.15) is 0 Å². The number of carbonyl (C=O) groups is 1. The van der Waals surface area contributed by atoms with Gasteiger partial charge in [-0.1, -0.05) is 64.2 Å². The Hall–Kier alpha value is -1.01. The highest BCUT2D eigenvalue weighted by atomic mass is 16.3. The lowest BCUT2D eigenvalue weighted by Gasteiger charge is -2.19. The topological polar surface area (TPSA) is 49.3 Å². The molecule has 1 unspecified atom stereocenters. The van der Waals surface area contributed by atoms with Crippen molar-refractivity contribution in [1.82, 2.24) is 5.32 Å². The van der Waals surface area contributed by atoms with Crippen molar-refractivity contribution in [1.29, 1.82) is 0 Å². The molecule has 2 N–H and O–H groups in total. The zero-order valence-corrected chi connectivity index (χ0v) is 15.3. The largest absolute Gasteiger partial charge is 0.391 e. The molecule has 0 saturated heterocycles. The zero-order chi connectivity index (χ0) is 17.3. The van der Waals surface area contributed by atoms with E-state index in [1.807, 2.05) is 6.92 Å². The van der Waals surface area contributed by atoms with E-state index >= 15 is 0 Å². The Morgan fingerprint density at radius 3 is 1.83 bits per heavy atom. The van der Waals surface area contributed by atoms with Gasteiger partial charge >= 0.3 is 0 Å². The molecule has 0 fully saturated rings. The van der Waals surface area contributed by atoms with Gasteiger partial charge in [-0.05, 0) is 19.8 Å². The average Bonchev–Trinajstić information content (AvgIpc) is 2.51. The van der Waals surface area contributed by atoms with Gasteiger partial charge in [-0.2, -0.15) is 0 Å². The summed E-state index contributed by atoms with van der Waals surface area (Å²) in [4.78, 5) is 10.9. The molecule has 0 radical (unpaired) electrons. The highest BCUT2D eigenvalue weighted by molar-refractivity contribution is 5.73. The second-order valence-electron chi connectivity index (χ2n) is 6.69. The van der Waals surface area contributed by atoms with Crippen molar-refractivity contribution in [2.75, 3.05) is 0 Å². The van der Waals surface area contributed by atoms with Crippen LogP contribution in [0.25, 0.3) is 0 Å². The first kappa shape index (κ1) is 22.0. The number of hydrogen-bond donors (Lipinski definition) is 2. The summed E-state index contributed by atoms with van der Waals surface area (Å²) in [6.45, 7) is 3.35. The third kappa shape index (κ3) is 15.7. The van der Waals surface area contributed by atoms with Crippen molar-refractivity contribution in [3.8, 4) is 12.3 Å². The van der Waals surface area contributed by atoms with Crippen LogP contribution in [0.3, 0.4) is 0 Å². The van der Waals surface area contributed by atoms with Crippen LogP contribution >= 0.6 is 0 Å². The standard InChI is InChI=1S/C20H37NO2/c1-4-5-6-7-8-9-10-11-12-13-14-15-16-17-20(23)18(2)21-19(3)22/h1,18,20,23H,5-17H2,2-3H3,(H,21,22)/t18-,20?/m1/s1. The maximum atomic E-state index is 10.9. The molecule has 3 nitrogen and oxygen atoms in total. The highest BCUT2D eigenvalue weighted by Gasteiger charge is 2.13. The fraction of sp³-hybridized carbons (Fsp3) is 0.850. The average molecular weight is 324 g/mol. The summed E-state index contributed by atoms with van der Waals surface area (Å²) in [7, 11) is 0. The quantitative estimate of drug-likeness (QED) is 0.342. The van der Waals surface area contributed by atoms with E-state index in [2.05, 4.69) is 11.2 Å². The van der Waals surface area contributed by atoms with E-state index < -0.39 is 6.10 Å². The van der Waals surface area contributed by atoms with E-state index in [4.69, 9.17) is 6.42 Å². The highest BCUT2D eigenvalue weighted by Crippen LogP contribution is 2.13. The zero-order valence-electron chi connectivity index (χ0n) is 15.3. The van der Waals surface area contributed by atoms with Crippen LogP contribution in [0.4, 0.5) is 0 Å². The molecule has 0 saturated carbocycles. The fourth-order valence-corrected chi connectivity index (χ4v) is 2.84. The van der Waals surface area contributed by atoms with Crippen LogP contribution in [-0.2, 0) is 4.79 Å². The molecule has 23 heavy (non-hydrogen) atoms. The first-order chi connectivity index (χ1) is 11.1. The van der Waals surface area contributed by atoms with Gasteiger partial charge in [0, 0.05) is 13.3 Å². The van der Waals surface area contributed by atoms with Crippen molar-refractivity contribution in [2.45, 2.75) is 109 Å². The van der Waals surface area contributed by atoms with Gasteiger partial charge < -0.3 is 10.4 Å². The molecule has 3 heteroatoms. The van der Waals surface area contributed by atoms with Gasteiger partial charge in [-0.3, -0.25) is 4.79 Å².